The Morgan fingerprint density at radius 1 is 0.457 bits per heavy atom. The summed E-state index contributed by atoms with van der Waals surface area (Å²) in [4.78, 5) is 13.6. The maximum absolute atomic E-state index is 6.52. The third kappa shape index (κ3) is 4.77. The van der Waals surface area contributed by atoms with Crippen LogP contribution in [0.25, 0.3) is 69.3 Å². The Balaban J connectivity index is 1.62. The smallest absolute Gasteiger partial charge is 0.0743 e. The Hall–Kier alpha value is -2.49. The molecule has 0 bridgehead atoms. The van der Waals surface area contributed by atoms with E-state index in [9.17, 15) is 0 Å². The standard InChI is InChI=1S/C38H32ClNS6/c1-17-13-27(21(5)41-17)31-33-37(45-35(31)29-15-19(3)43-23(29)7)38-34(40(33)26-11-9-25(39)10-12-26)32(28-14-18(2)42-22(28)6)36(46-38)30-16-20(4)44-24(30)8/h9-16H,1-8H3. The van der Waals surface area contributed by atoms with E-state index in [0.717, 1.165) is 10.7 Å². The highest BCUT2D eigenvalue weighted by Gasteiger charge is 2.31. The molecule has 8 rings (SSSR count). The van der Waals surface area contributed by atoms with Gasteiger partial charge in [0.05, 0.1) is 20.4 Å². The van der Waals surface area contributed by atoms with Crippen molar-refractivity contribution in [3.05, 3.63) is 92.6 Å². The number of nitrogens with zero attached hydrogens (tertiary/aromatic N) is 1. The van der Waals surface area contributed by atoms with E-state index in [1.165, 1.54) is 103 Å². The lowest BCUT2D eigenvalue weighted by Crippen LogP contribution is -1.96. The van der Waals surface area contributed by atoms with E-state index >= 15 is 0 Å². The predicted octanol–water partition coefficient (Wildman–Crippen LogP) is 14.9. The van der Waals surface area contributed by atoms with E-state index in [1.807, 2.05) is 80.2 Å². The number of halogens is 1. The summed E-state index contributed by atoms with van der Waals surface area (Å²) in [7, 11) is 0. The summed E-state index contributed by atoms with van der Waals surface area (Å²) in [5.74, 6) is 0. The van der Waals surface area contributed by atoms with Gasteiger partial charge in [0.1, 0.15) is 0 Å². The number of aryl methyl sites for hydroxylation is 8. The Labute approximate surface area is 299 Å². The Kier molecular flexibility index (Phi) is 7.57. The van der Waals surface area contributed by atoms with Crippen molar-refractivity contribution in [2.24, 2.45) is 0 Å². The molecule has 0 atom stereocenters. The van der Waals surface area contributed by atoms with Crippen LogP contribution in [0.2, 0.25) is 5.02 Å². The van der Waals surface area contributed by atoms with E-state index in [0.29, 0.717) is 0 Å². The monoisotopic (exact) mass is 729 g/mol. The number of fused-ring (bicyclic) bond motifs is 3. The second kappa shape index (κ2) is 11.3. The van der Waals surface area contributed by atoms with Crippen LogP contribution in [0.5, 0.6) is 0 Å². The van der Waals surface area contributed by atoms with E-state index in [2.05, 4.69) is 96.4 Å². The van der Waals surface area contributed by atoms with Crippen LogP contribution in [0.15, 0.2) is 48.5 Å². The molecule has 1 aromatic carbocycles. The first-order valence-electron chi connectivity index (χ1n) is 15.2. The molecule has 0 saturated heterocycles. The van der Waals surface area contributed by atoms with Crippen LogP contribution in [-0.2, 0) is 0 Å². The molecule has 0 aliphatic carbocycles. The molecule has 8 heteroatoms. The van der Waals surface area contributed by atoms with E-state index < -0.39 is 0 Å². The maximum atomic E-state index is 6.52. The molecule has 0 spiro atoms. The fourth-order valence-corrected chi connectivity index (χ4v) is 13.7. The number of hydrogen-bond acceptors (Lipinski definition) is 6. The highest BCUT2D eigenvalue weighted by atomic mass is 35.5. The Morgan fingerprint density at radius 3 is 1.13 bits per heavy atom. The van der Waals surface area contributed by atoms with E-state index in [4.69, 9.17) is 11.6 Å². The SMILES string of the molecule is Cc1cc(-c2sc3c4sc(-c5cc(C)sc5C)c(-c5cc(C)sc5C)c4n(-c4ccc(Cl)cc4)c3c2-c2cc(C)sc2C)c(C)s1. The van der Waals surface area contributed by atoms with Crippen molar-refractivity contribution in [3.63, 3.8) is 0 Å². The highest BCUT2D eigenvalue weighted by molar-refractivity contribution is 7.31. The topological polar surface area (TPSA) is 4.93 Å². The largest absolute Gasteiger partial charge is 0.306 e. The molecule has 0 saturated carbocycles. The van der Waals surface area contributed by atoms with E-state index in [-0.39, 0.29) is 0 Å². The molecule has 0 unspecified atom stereocenters. The van der Waals surface area contributed by atoms with Gasteiger partial charge in [0.25, 0.3) is 0 Å². The second-order valence-electron chi connectivity index (χ2n) is 12.1. The summed E-state index contributed by atoms with van der Waals surface area (Å²) in [6, 6.07) is 18.1. The summed E-state index contributed by atoms with van der Waals surface area (Å²) >= 11 is 18.1. The first kappa shape index (κ1) is 30.8. The number of rotatable bonds is 5. The average Bonchev–Trinajstić information content (AvgIpc) is 3.83. The summed E-state index contributed by atoms with van der Waals surface area (Å²) in [5, 5.41) is 0.753. The molecular formula is C38H32ClNS6. The number of benzene rings is 1. The Morgan fingerprint density at radius 2 is 0.804 bits per heavy atom. The quantitative estimate of drug-likeness (QED) is 0.166. The first-order chi connectivity index (χ1) is 22.0. The molecule has 232 valence electrons. The van der Waals surface area contributed by atoms with Gasteiger partial charge in [0, 0.05) is 81.7 Å². The molecule has 0 aliphatic rings. The molecule has 7 aromatic heterocycles. The van der Waals surface area contributed by atoms with Gasteiger partial charge in [0.2, 0.25) is 0 Å². The fourth-order valence-electron chi connectivity index (χ4n) is 6.89. The summed E-state index contributed by atoms with van der Waals surface area (Å²) in [5.41, 5.74) is 11.9. The molecule has 46 heavy (non-hydrogen) atoms. The minimum Gasteiger partial charge on any atom is -0.306 e. The van der Waals surface area contributed by atoms with E-state index in [1.54, 1.807) is 0 Å². The van der Waals surface area contributed by atoms with Crippen molar-refractivity contribution in [3.8, 4) is 48.8 Å². The molecule has 1 nitrogen and oxygen atoms in total. The molecule has 7 heterocycles. The van der Waals surface area contributed by atoms with Gasteiger partial charge in [0.15, 0.2) is 0 Å². The van der Waals surface area contributed by atoms with Gasteiger partial charge in [-0.25, -0.2) is 0 Å². The van der Waals surface area contributed by atoms with Gasteiger partial charge < -0.3 is 4.57 Å². The third-order valence-corrected chi connectivity index (χ3v) is 15.4. The minimum absolute atomic E-state index is 0.753. The van der Waals surface area contributed by atoms with Crippen molar-refractivity contribution in [2.75, 3.05) is 0 Å². The summed E-state index contributed by atoms with van der Waals surface area (Å²) in [6.07, 6.45) is 0. The fraction of sp³-hybridized carbons (Fsp3) is 0.211. The minimum atomic E-state index is 0.753. The average molecular weight is 731 g/mol. The molecule has 0 radical (unpaired) electrons. The zero-order chi connectivity index (χ0) is 32.2. The van der Waals surface area contributed by atoms with Crippen molar-refractivity contribution in [1.29, 1.82) is 0 Å². The van der Waals surface area contributed by atoms with Crippen LogP contribution < -0.4 is 0 Å². The number of aromatic nitrogens is 1. The maximum Gasteiger partial charge on any atom is 0.0743 e. The molecule has 0 aliphatic heterocycles. The van der Waals surface area contributed by atoms with Crippen LogP contribution in [0.3, 0.4) is 0 Å². The normalized spacial score (nSPS) is 12.0. The van der Waals surface area contributed by atoms with Crippen LogP contribution in [0.1, 0.15) is 39.0 Å². The summed E-state index contributed by atoms with van der Waals surface area (Å²) < 4.78 is 5.31. The van der Waals surface area contributed by atoms with Crippen molar-refractivity contribution in [1.82, 2.24) is 4.57 Å². The van der Waals surface area contributed by atoms with Gasteiger partial charge >= 0.3 is 0 Å². The number of thiophene rings is 6. The first-order valence-corrected chi connectivity index (χ1v) is 20.5. The zero-order valence-electron chi connectivity index (χ0n) is 26.9. The Bertz CT molecular complexity index is 2310. The van der Waals surface area contributed by atoms with Gasteiger partial charge in [-0.15, -0.1) is 68.0 Å². The molecule has 0 amide bonds. The van der Waals surface area contributed by atoms with Gasteiger partial charge in [-0.05, 0) is 115 Å². The van der Waals surface area contributed by atoms with Crippen LogP contribution in [-0.4, -0.2) is 4.57 Å². The highest BCUT2D eigenvalue weighted by Crippen LogP contribution is 2.58. The van der Waals surface area contributed by atoms with Crippen molar-refractivity contribution < 1.29 is 0 Å². The lowest BCUT2D eigenvalue weighted by Gasteiger charge is -2.13. The predicted molar refractivity (Wildman–Crippen MR) is 213 cm³/mol. The van der Waals surface area contributed by atoms with Gasteiger partial charge in [-0.1, -0.05) is 11.6 Å². The molecular weight excluding hydrogens is 698 g/mol. The van der Waals surface area contributed by atoms with Crippen LogP contribution in [0.4, 0.5) is 0 Å². The molecule has 0 fully saturated rings. The van der Waals surface area contributed by atoms with Crippen molar-refractivity contribution >= 4 is 100 Å². The molecule has 0 N–H and O–H groups in total. The van der Waals surface area contributed by atoms with Crippen molar-refractivity contribution in [2.45, 2.75) is 55.4 Å². The lowest BCUT2D eigenvalue weighted by molar-refractivity contribution is 1.19. The van der Waals surface area contributed by atoms with Gasteiger partial charge in [-0.3, -0.25) is 0 Å². The zero-order valence-corrected chi connectivity index (χ0v) is 32.5. The van der Waals surface area contributed by atoms with Crippen LogP contribution in [0, 0.1) is 55.4 Å². The second-order valence-corrected chi connectivity index (χ2v) is 20.4. The molecule has 8 aromatic rings. The summed E-state index contributed by atoms with van der Waals surface area (Å²) in [6.45, 7) is 18.1. The lowest BCUT2D eigenvalue weighted by atomic mass is 10.0. The third-order valence-electron chi connectivity index (χ3n) is 8.70. The van der Waals surface area contributed by atoms with Gasteiger partial charge in [-0.2, -0.15) is 0 Å². The number of hydrogen-bond donors (Lipinski definition) is 0. The van der Waals surface area contributed by atoms with Crippen LogP contribution >= 0.6 is 79.6 Å².